The van der Waals surface area contributed by atoms with E-state index in [0.717, 1.165) is 43.4 Å². The van der Waals surface area contributed by atoms with Gasteiger partial charge in [0.05, 0.1) is 12.7 Å². The zero-order valence-corrected chi connectivity index (χ0v) is 16.7. The lowest BCUT2D eigenvalue weighted by molar-refractivity contribution is -0.229. The van der Waals surface area contributed by atoms with E-state index in [-0.39, 0.29) is 13.0 Å². The van der Waals surface area contributed by atoms with E-state index >= 15 is 0 Å². The van der Waals surface area contributed by atoms with Crippen LogP contribution in [-0.4, -0.2) is 76.0 Å². The average molecular weight is 392 g/mol. The normalized spacial score (nSPS) is 25.5. The second-order valence-corrected chi connectivity index (χ2v) is 7.38. The number of hydrogen-bond donors (Lipinski definition) is 4. The van der Waals surface area contributed by atoms with Crippen LogP contribution in [0.2, 0.25) is 0 Å². The number of aromatic nitrogens is 1. The predicted octanol–water partition coefficient (Wildman–Crippen LogP) is 1.65. The van der Waals surface area contributed by atoms with Crippen LogP contribution in [0.4, 0.5) is 0 Å². The molecule has 0 bridgehead atoms. The second-order valence-electron chi connectivity index (χ2n) is 7.38. The summed E-state index contributed by atoms with van der Waals surface area (Å²) in [6.07, 6.45) is 0.523. The summed E-state index contributed by atoms with van der Waals surface area (Å²) in [6.45, 7) is 7.08. The van der Waals surface area contributed by atoms with E-state index < -0.39 is 24.6 Å². The molecule has 7 nitrogen and oxygen atoms in total. The van der Waals surface area contributed by atoms with Gasteiger partial charge in [-0.25, -0.2) is 0 Å². The van der Waals surface area contributed by atoms with Gasteiger partial charge in [0, 0.05) is 30.1 Å². The Morgan fingerprint density at radius 2 is 2.07 bits per heavy atom. The Bertz CT molecular complexity index is 749. The van der Waals surface area contributed by atoms with Gasteiger partial charge in [0.25, 0.3) is 0 Å². The number of ether oxygens (including phenoxy) is 2. The fourth-order valence-corrected chi connectivity index (χ4v) is 3.82. The van der Waals surface area contributed by atoms with Gasteiger partial charge in [0.2, 0.25) is 6.29 Å². The summed E-state index contributed by atoms with van der Waals surface area (Å²) in [6, 6.07) is 5.80. The predicted molar refractivity (Wildman–Crippen MR) is 107 cm³/mol. The van der Waals surface area contributed by atoms with Crippen LogP contribution in [0, 0.1) is 0 Å². The van der Waals surface area contributed by atoms with Gasteiger partial charge in [0.15, 0.2) is 0 Å². The molecule has 1 fully saturated rings. The molecule has 0 radical (unpaired) electrons. The molecule has 1 aliphatic heterocycles. The first kappa shape index (κ1) is 21.1. The number of H-pyrrole nitrogens is 1. The number of rotatable bonds is 9. The lowest BCUT2D eigenvalue weighted by Crippen LogP contribution is -2.51. The lowest BCUT2D eigenvalue weighted by Gasteiger charge is -2.36. The first-order valence-electron chi connectivity index (χ1n) is 10.2. The van der Waals surface area contributed by atoms with Gasteiger partial charge in [-0.1, -0.05) is 19.9 Å². The van der Waals surface area contributed by atoms with E-state index in [1.54, 1.807) is 0 Å². The number of nitrogens with zero attached hydrogens (tertiary/aromatic N) is 1. The fraction of sp³-hybridized carbons (Fsp3) is 0.619. The molecule has 3 rings (SSSR count). The van der Waals surface area contributed by atoms with E-state index in [4.69, 9.17) is 9.47 Å². The molecule has 4 atom stereocenters. The van der Waals surface area contributed by atoms with Crippen LogP contribution in [0.3, 0.4) is 0 Å². The van der Waals surface area contributed by atoms with Crippen molar-refractivity contribution >= 4 is 10.9 Å². The lowest BCUT2D eigenvalue weighted by atomic mass is 10.0. The van der Waals surface area contributed by atoms with Crippen LogP contribution in [-0.2, 0) is 11.2 Å². The van der Waals surface area contributed by atoms with E-state index in [2.05, 4.69) is 23.7 Å². The molecule has 0 spiro atoms. The number of benzene rings is 1. The number of fused-ring (bicyclic) bond motifs is 1. The molecule has 1 saturated heterocycles. The molecule has 1 aliphatic rings. The number of aliphatic hydroxyl groups is 3. The molecular formula is C21H32N2O5. The van der Waals surface area contributed by atoms with Crippen LogP contribution < -0.4 is 4.74 Å². The van der Waals surface area contributed by atoms with E-state index in [0.29, 0.717) is 5.75 Å². The molecule has 0 amide bonds. The molecule has 156 valence electrons. The minimum Gasteiger partial charge on any atom is -0.464 e. The Balaban J connectivity index is 1.77. The maximum atomic E-state index is 10.0. The van der Waals surface area contributed by atoms with Gasteiger partial charge in [0.1, 0.15) is 18.0 Å². The van der Waals surface area contributed by atoms with E-state index in [9.17, 15) is 15.3 Å². The highest BCUT2D eigenvalue weighted by Gasteiger charge is 2.37. The molecule has 2 heterocycles. The third-order valence-corrected chi connectivity index (χ3v) is 5.41. The van der Waals surface area contributed by atoms with Crippen molar-refractivity contribution in [2.45, 2.75) is 57.7 Å². The molecule has 1 aromatic carbocycles. The number of hydrogen-bond acceptors (Lipinski definition) is 6. The largest absolute Gasteiger partial charge is 0.464 e. The third-order valence-electron chi connectivity index (χ3n) is 5.41. The Hall–Kier alpha value is -1.64. The highest BCUT2D eigenvalue weighted by Crippen LogP contribution is 2.32. The summed E-state index contributed by atoms with van der Waals surface area (Å²) in [5.74, 6) is 0.678. The smallest absolute Gasteiger partial charge is 0.202 e. The Kier molecular flexibility index (Phi) is 7.31. The van der Waals surface area contributed by atoms with Crippen molar-refractivity contribution in [1.29, 1.82) is 0 Å². The van der Waals surface area contributed by atoms with Crippen molar-refractivity contribution in [2.24, 2.45) is 0 Å². The van der Waals surface area contributed by atoms with Gasteiger partial charge in [-0.2, -0.15) is 0 Å². The van der Waals surface area contributed by atoms with Crippen molar-refractivity contribution in [2.75, 3.05) is 26.2 Å². The zero-order valence-electron chi connectivity index (χ0n) is 16.7. The molecule has 7 heteroatoms. The number of nitrogens with one attached hydrogen (secondary N) is 1. The summed E-state index contributed by atoms with van der Waals surface area (Å²) < 4.78 is 11.7. The van der Waals surface area contributed by atoms with Crippen LogP contribution in [0.5, 0.6) is 5.75 Å². The summed E-state index contributed by atoms with van der Waals surface area (Å²) in [4.78, 5) is 5.73. The zero-order chi connectivity index (χ0) is 20.1. The molecule has 0 aliphatic carbocycles. The van der Waals surface area contributed by atoms with E-state index in [1.807, 2.05) is 24.4 Å². The second kappa shape index (κ2) is 9.71. The minimum absolute atomic E-state index is 0.147. The van der Waals surface area contributed by atoms with Crippen LogP contribution in [0.15, 0.2) is 24.4 Å². The topological polar surface area (TPSA) is 98.2 Å². The van der Waals surface area contributed by atoms with Crippen LogP contribution >= 0.6 is 0 Å². The summed E-state index contributed by atoms with van der Waals surface area (Å²) >= 11 is 0. The van der Waals surface area contributed by atoms with Gasteiger partial charge in [-0.3, -0.25) is 0 Å². The molecule has 1 aromatic heterocycles. The average Bonchev–Trinajstić information content (AvgIpc) is 3.12. The SMILES string of the molecule is CCCN(CC)CCc1c[nH]c2cccc(O[C@@H]3CC(O)[C@H](O)C(CO)O3)c12. The summed E-state index contributed by atoms with van der Waals surface area (Å²) in [5, 5.41) is 30.3. The first-order chi connectivity index (χ1) is 13.6. The Morgan fingerprint density at radius 3 is 2.79 bits per heavy atom. The maximum absolute atomic E-state index is 10.0. The Labute approximate surface area is 165 Å². The number of aliphatic hydroxyl groups excluding tert-OH is 3. The van der Waals surface area contributed by atoms with Crippen LogP contribution in [0.1, 0.15) is 32.3 Å². The van der Waals surface area contributed by atoms with Crippen LogP contribution in [0.25, 0.3) is 10.9 Å². The van der Waals surface area contributed by atoms with Gasteiger partial charge < -0.3 is 34.7 Å². The minimum atomic E-state index is -1.11. The maximum Gasteiger partial charge on any atom is 0.202 e. The highest BCUT2D eigenvalue weighted by molar-refractivity contribution is 5.89. The van der Waals surface area contributed by atoms with Gasteiger partial charge in [-0.05, 0) is 43.6 Å². The monoisotopic (exact) mass is 392 g/mol. The third kappa shape index (κ3) is 4.67. The molecular weight excluding hydrogens is 360 g/mol. The summed E-state index contributed by atoms with van der Waals surface area (Å²) in [7, 11) is 0. The van der Waals surface area contributed by atoms with E-state index in [1.165, 1.54) is 5.56 Å². The standard InChI is InChI=1S/C21H32N2O5/c1-3-9-23(4-2)10-8-14-12-22-15-6-5-7-17(20(14)15)27-19-11-16(25)21(26)18(13-24)28-19/h5-7,12,16,18-19,21-22,24-26H,3-4,8-11,13H2,1-2H3/t16?,18?,19-,21-/m0/s1. The molecule has 28 heavy (non-hydrogen) atoms. The first-order valence-corrected chi connectivity index (χ1v) is 10.2. The van der Waals surface area contributed by atoms with Crippen molar-refractivity contribution in [3.8, 4) is 5.75 Å². The molecule has 2 aromatic rings. The van der Waals surface area contributed by atoms with Crippen molar-refractivity contribution in [3.05, 3.63) is 30.0 Å². The number of likely N-dealkylation sites (N-methyl/N-ethyl adjacent to an activating group) is 1. The van der Waals surface area contributed by atoms with Gasteiger partial charge in [-0.15, -0.1) is 0 Å². The number of aromatic amines is 1. The van der Waals surface area contributed by atoms with Crippen molar-refractivity contribution in [1.82, 2.24) is 9.88 Å². The molecule has 2 unspecified atom stereocenters. The fourth-order valence-electron chi connectivity index (χ4n) is 3.82. The van der Waals surface area contributed by atoms with Gasteiger partial charge >= 0.3 is 0 Å². The van der Waals surface area contributed by atoms with Crippen molar-refractivity contribution < 1.29 is 24.8 Å². The Morgan fingerprint density at radius 1 is 1.25 bits per heavy atom. The molecule has 4 N–H and O–H groups in total. The quantitative estimate of drug-likeness (QED) is 0.518. The molecule has 0 saturated carbocycles. The summed E-state index contributed by atoms with van der Waals surface area (Å²) in [5.41, 5.74) is 2.16. The highest BCUT2D eigenvalue weighted by atomic mass is 16.7. The van der Waals surface area contributed by atoms with Crippen molar-refractivity contribution in [3.63, 3.8) is 0 Å².